The predicted molar refractivity (Wildman–Crippen MR) is 88.1 cm³/mol. The third kappa shape index (κ3) is 3.71. The van der Waals surface area contributed by atoms with Crippen molar-refractivity contribution in [3.63, 3.8) is 0 Å². The number of alkyl halides is 1. The van der Waals surface area contributed by atoms with Crippen LogP contribution in [0.1, 0.15) is 18.9 Å². The highest BCUT2D eigenvalue weighted by Gasteiger charge is 2.33. The molecule has 0 spiro atoms. The largest absolute Gasteiger partial charge is 0.493 e. The number of hydrogen-bond acceptors (Lipinski definition) is 5. The van der Waals surface area contributed by atoms with E-state index < -0.39 is 5.60 Å². The molecule has 1 aliphatic rings. The Balaban J connectivity index is 2.05. The highest BCUT2D eigenvalue weighted by atomic mass is 35.5. The van der Waals surface area contributed by atoms with Crippen molar-refractivity contribution < 1.29 is 14.3 Å². The van der Waals surface area contributed by atoms with Gasteiger partial charge in [0.2, 0.25) is 0 Å². The number of rotatable bonds is 5. The molecule has 0 bridgehead atoms. The van der Waals surface area contributed by atoms with Gasteiger partial charge in [-0.2, -0.15) is 0 Å². The van der Waals surface area contributed by atoms with Crippen LogP contribution in [0.15, 0.2) is 17.3 Å². The van der Waals surface area contributed by atoms with Crippen molar-refractivity contribution >= 4 is 40.0 Å². The van der Waals surface area contributed by atoms with Gasteiger partial charge in [-0.15, -0.1) is 23.4 Å². The van der Waals surface area contributed by atoms with Gasteiger partial charge in [-0.05, 0) is 18.6 Å². The first-order valence-corrected chi connectivity index (χ1v) is 8.26. The Morgan fingerprint density at radius 2 is 2.14 bits per heavy atom. The third-order valence-corrected chi connectivity index (χ3v) is 5.12. The first kappa shape index (κ1) is 16.6. The van der Waals surface area contributed by atoms with Crippen LogP contribution < -0.4 is 9.47 Å². The lowest BCUT2D eigenvalue weighted by atomic mass is 10.1. The van der Waals surface area contributed by atoms with E-state index in [4.69, 9.17) is 37.5 Å². The highest BCUT2D eigenvalue weighted by molar-refractivity contribution is 8.13. The van der Waals surface area contributed by atoms with E-state index in [0.717, 1.165) is 10.6 Å². The van der Waals surface area contributed by atoms with Gasteiger partial charge in [-0.25, -0.2) is 0 Å². The van der Waals surface area contributed by atoms with Gasteiger partial charge >= 0.3 is 0 Å². The quantitative estimate of drug-likeness (QED) is 0.742. The van der Waals surface area contributed by atoms with Crippen LogP contribution in [0.3, 0.4) is 0 Å². The molecule has 116 valence electrons. The van der Waals surface area contributed by atoms with Crippen LogP contribution in [0, 0.1) is 0 Å². The maximum atomic E-state index is 6.35. The molecule has 1 aliphatic heterocycles. The van der Waals surface area contributed by atoms with Crippen molar-refractivity contribution in [1.82, 2.24) is 0 Å². The zero-order valence-electron chi connectivity index (χ0n) is 12.1. The SMILES string of the molecule is COc1ccc(CSC2=NOC(C)(CCl)C2)c(Cl)c1OC. The van der Waals surface area contributed by atoms with Crippen molar-refractivity contribution in [1.29, 1.82) is 0 Å². The smallest absolute Gasteiger partial charge is 0.179 e. The van der Waals surface area contributed by atoms with Crippen molar-refractivity contribution in [2.45, 2.75) is 24.7 Å². The topological polar surface area (TPSA) is 40.0 Å². The number of nitrogens with zero attached hydrogens (tertiary/aromatic N) is 1. The van der Waals surface area contributed by atoms with Crippen LogP contribution >= 0.6 is 35.0 Å². The fourth-order valence-electron chi connectivity index (χ4n) is 1.90. The summed E-state index contributed by atoms with van der Waals surface area (Å²) in [6, 6.07) is 3.77. The Kier molecular flexibility index (Phi) is 5.52. The number of hydrogen-bond donors (Lipinski definition) is 0. The fraction of sp³-hybridized carbons (Fsp3) is 0.500. The molecule has 0 amide bonds. The average Bonchev–Trinajstić information content (AvgIpc) is 2.88. The molecule has 1 atom stereocenters. The molecule has 1 unspecified atom stereocenters. The lowest BCUT2D eigenvalue weighted by molar-refractivity contribution is 0.0152. The summed E-state index contributed by atoms with van der Waals surface area (Å²) < 4.78 is 10.5. The number of thioether (sulfide) groups is 1. The van der Waals surface area contributed by atoms with Crippen molar-refractivity contribution in [2.24, 2.45) is 5.16 Å². The summed E-state index contributed by atoms with van der Waals surface area (Å²) >= 11 is 13.8. The van der Waals surface area contributed by atoms with Gasteiger partial charge in [0.05, 0.1) is 25.1 Å². The molecule has 0 N–H and O–H groups in total. The number of methoxy groups -OCH3 is 2. The summed E-state index contributed by atoms with van der Waals surface area (Å²) in [6.45, 7) is 1.94. The maximum Gasteiger partial charge on any atom is 0.179 e. The van der Waals surface area contributed by atoms with E-state index in [1.807, 2.05) is 19.1 Å². The minimum Gasteiger partial charge on any atom is -0.493 e. The standard InChI is InChI=1S/C14H17Cl2NO3S/c1-14(8-15)6-11(17-20-14)21-7-9-4-5-10(18-2)13(19-3)12(9)16/h4-5H,6-8H2,1-3H3. The van der Waals surface area contributed by atoms with Gasteiger partial charge in [0.25, 0.3) is 0 Å². The van der Waals surface area contributed by atoms with E-state index in [1.165, 1.54) is 0 Å². The molecule has 4 nitrogen and oxygen atoms in total. The number of oxime groups is 1. The summed E-state index contributed by atoms with van der Waals surface area (Å²) in [4.78, 5) is 5.36. The lowest BCUT2D eigenvalue weighted by Gasteiger charge is -2.16. The molecule has 0 radical (unpaired) electrons. The summed E-state index contributed by atoms with van der Waals surface area (Å²) in [7, 11) is 3.15. The first-order valence-electron chi connectivity index (χ1n) is 6.36. The lowest BCUT2D eigenvalue weighted by Crippen LogP contribution is -2.26. The van der Waals surface area contributed by atoms with Crippen molar-refractivity contribution in [3.8, 4) is 11.5 Å². The Hall–Kier alpha value is -0.780. The van der Waals surface area contributed by atoms with Gasteiger partial charge in [-0.3, -0.25) is 0 Å². The van der Waals surface area contributed by atoms with Gasteiger partial charge in [0.1, 0.15) is 5.04 Å². The molecule has 1 heterocycles. The molecule has 7 heteroatoms. The Morgan fingerprint density at radius 1 is 1.38 bits per heavy atom. The van der Waals surface area contributed by atoms with E-state index in [1.54, 1.807) is 26.0 Å². The van der Waals surface area contributed by atoms with Crippen LogP contribution in [0.4, 0.5) is 0 Å². The molecule has 0 fully saturated rings. The molecule has 1 aromatic rings. The third-order valence-electron chi connectivity index (χ3n) is 3.13. The van der Waals surface area contributed by atoms with Crippen molar-refractivity contribution in [3.05, 3.63) is 22.7 Å². The minimum absolute atomic E-state index is 0.398. The average molecular weight is 350 g/mol. The second-order valence-corrected chi connectivity index (χ2v) is 6.59. The van der Waals surface area contributed by atoms with Crippen LogP contribution in [0.2, 0.25) is 5.02 Å². The molecular weight excluding hydrogens is 333 g/mol. The highest BCUT2D eigenvalue weighted by Crippen LogP contribution is 2.39. The zero-order valence-corrected chi connectivity index (χ0v) is 14.4. The van der Waals surface area contributed by atoms with Crippen LogP contribution in [0.5, 0.6) is 11.5 Å². The first-order chi connectivity index (χ1) is 10.0. The Labute approximate surface area is 138 Å². The van der Waals surface area contributed by atoms with Gasteiger partial charge in [0, 0.05) is 12.2 Å². The number of halogens is 2. The number of benzene rings is 1. The van der Waals surface area contributed by atoms with Gasteiger partial charge in [0.15, 0.2) is 17.1 Å². The van der Waals surface area contributed by atoms with Gasteiger partial charge in [-0.1, -0.05) is 22.8 Å². The monoisotopic (exact) mass is 349 g/mol. The summed E-state index contributed by atoms with van der Waals surface area (Å²) in [5, 5.41) is 5.56. The molecule has 21 heavy (non-hydrogen) atoms. The van der Waals surface area contributed by atoms with E-state index in [2.05, 4.69) is 5.16 Å². The Bertz CT molecular complexity index is 553. The van der Waals surface area contributed by atoms with E-state index in [9.17, 15) is 0 Å². The van der Waals surface area contributed by atoms with Crippen molar-refractivity contribution in [2.75, 3.05) is 20.1 Å². The number of ether oxygens (including phenoxy) is 2. The molecule has 1 aromatic carbocycles. The summed E-state index contributed by atoms with van der Waals surface area (Å²) in [5.41, 5.74) is 0.562. The van der Waals surface area contributed by atoms with Crippen LogP contribution in [-0.2, 0) is 10.6 Å². The molecule has 0 aromatic heterocycles. The summed E-state index contributed by atoms with van der Waals surface area (Å²) in [6.07, 6.45) is 0.714. The Morgan fingerprint density at radius 3 is 2.71 bits per heavy atom. The second-order valence-electron chi connectivity index (χ2n) is 4.90. The van der Waals surface area contributed by atoms with E-state index in [0.29, 0.717) is 34.6 Å². The van der Waals surface area contributed by atoms with Gasteiger partial charge < -0.3 is 14.3 Å². The molecule has 0 aliphatic carbocycles. The molecule has 0 saturated heterocycles. The zero-order chi connectivity index (χ0) is 15.5. The predicted octanol–water partition coefficient (Wildman–Crippen LogP) is 4.32. The normalized spacial score (nSPS) is 20.9. The second kappa shape index (κ2) is 6.99. The van der Waals surface area contributed by atoms with Crippen LogP contribution in [0.25, 0.3) is 0 Å². The molecule has 0 saturated carbocycles. The molecular formula is C14H17Cl2NO3S. The fourth-order valence-corrected chi connectivity index (χ4v) is 3.48. The van der Waals surface area contributed by atoms with E-state index in [-0.39, 0.29) is 0 Å². The maximum absolute atomic E-state index is 6.35. The molecule has 2 rings (SSSR count). The van der Waals surface area contributed by atoms with E-state index >= 15 is 0 Å². The van der Waals surface area contributed by atoms with Crippen LogP contribution in [-0.4, -0.2) is 30.7 Å². The minimum atomic E-state index is -0.398. The summed E-state index contributed by atoms with van der Waals surface area (Å²) in [5.74, 6) is 2.26.